The highest BCUT2D eigenvalue weighted by molar-refractivity contribution is 5.76. The van der Waals surface area contributed by atoms with E-state index < -0.39 is 5.97 Å². The zero-order valence-electron chi connectivity index (χ0n) is 22.8. The Labute approximate surface area is 213 Å². The lowest BCUT2D eigenvalue weighted by molar-refractivity contribution is -0.149. The Kier molecular flexibility index (Phi) is 9.88. The van der Waals surface area contributed by atoms with Crippen molar-refractivity contribution < 1.29 is 19.8 Å². The van der Waals surface area contributed by atoms with Crippen molar-refractivity contribution in [2.45, 2.75) is 130 Å². The summed E-state index contributed by atoms with van der Waals surface area (Å²) in [7, 11) is 0. The van der Waals surface area contributed by atoms with Crippen molar-refractivity contribution in [3.05, 3.63) is 11.1 Å². The van der Waals surface area contributed by atoms with E-state index in [1.54, 1.807) is 5.57 Å². The summed E-state index contributed by atoms with van der Waals surface area (Å²) in [6.45, 7) is 10.1. The number of carbonyl (C=O) groups is 2. The second-order valence-corrected chi connectivity index (χ2v) is 12.7. The van der Waals surface area contributed by atoms with E-state index >= 15 is 0 Å². The van der Waals surface area contributed by atoms with Crippen LogP contribution < -0.4 is 5.32 Å². The molecule has 35 heavy (non-hydrogen) atoms. The summed E-state index contributed by atoms with van der Waals surface area (Å²) in [4.78, 5) is 23.1. The first kappa shape index (κ1) is 28.2. The van der Waals surface area contributed by atoms with Gasteiger partial charge in [-0.25, -0.2) is 0 Å². The highest BCUT2D eigenvalue weighted by Gasteiger charge is 2.58. The highest BCUT2D eigenvalue weighted by Crippen LogP contribution is 2.64. The summed E-state index contributed by atoms with van der Waals surface area (Å²) in [5.41, 5.74) is 3.39. The maximum atomic E-state index is 12.6. The molecule has 5 atom stereocenters. The minimum atomic E-state index is -0.706. The third-order valence-corrected chi connectivity index (χ3v) is 10.2. The fourth-order valence-electron chi connectivity index (χ4n) is 8.10. The topological polar surface area (TPSA) is 86.6 Å². The first-order valence-electron chi connectivity index (χ1n) is 14.4. The smallest absolute Gasteiger partial charge is 0.303 e. The van der Waals surface area contributed by atoms with Crippen LogP contribution in [0.3, 0.4) is 0 Å². The van der Waals surface area contributed by atoms with Crippen LogP contribution in [-0.4, -0.2) is 34.7 Å². The van der Waals surface area contributed by atoms with Gasteiger partial charge in [-0.2, -0.15) is 0 Å². The van der Waals surface area contributed by atoms with Crippen molar-refractivity contribution in [2.24, 2.45) is 28.6 Å². The summed E-state index contributed by atoms with van der Waals surface area (Å²) in [6, 6.07) is 0. The number of nitrogens with one attached hydrogen (secondary N) is 1. The molecule has 3 aliphatic rings. The number of rotatable bonds is 12. The number of unbranched alkanes of at least 4 members (excludes halogenated alkanes) is 5. The van der Waals surface area contributed by atoms with Gasteiger partial charge in [-0.05, 0) is 93.3 Å². The average Bonchev–Trinajstić information content (AvgIpc) is 2.79. The highest BCUT2D eigenvalue weighted by atomic mass is 16.4. The van der Waals surface area contributed by atoms with Crippen LogP contribution in [0.4, 0.5) is 0 Å². The molecule has 3 aliphatic carbocycles. The van der Waals surface area contributed by atoms with Crippen molar-refractivity contribution in [2.75, 3.05) is 6.54 Å². The molecule has 5 heteroatoms. The van der Waals surface area contributed by atoms with Gasteiger partial charge >= 0.3 is 5.97 Å². The number of carbonyl (C=O) groups excluding carboxylic acids is 1. The molecule has 0 saturated heterocycles. The number of fused-ring (bicyclic) bond motifs is 3. The number of aliphatic carboxylic acids is 1. The van der Waals surface area contributed by atoms with Gasteiger partial charge in [0, 0.05) is 19.4 Å². The van der Waals surface area contributed by atoms with Crippen LogP contribution in [0.5, 0.6) is 0 Å². The molecule has 0 spiro atoms. The lowest BCUT2D eigenvalue weighted by Crippen LogP contribution is -2.56. The summed E-state index contributed by atoms with van der Waals surface area (Å²) < 4.78 is 0. The lowest BCUT2D eigenvalue weighted by Gasteiger charge is -2.62. The van der Waals surface area contributed by atoms with Gasteiger partial charge in [-0.3, -0.25) is 9.59 Å². The summed E-state index contributed by atoms with van der Waals surface area (Å²) in [5.74, 6) is 1.35. The Bertz CT molecular complexity index is 772. The van der Waals surface area contributed by atoms with Crippen LogP contribution in [0.15, 0.2) is 11.1 Å². The molecule has 0 aromatic carbocycles. The number of carboxylic acids is 1. The Morgan fingerprint density at radius 1 is 0.943 bits per heavy atom. The summed E-state index contributed by atoms with van der Waals surface area (Å²) in [6.07, 6.45) is 14.5. The molecule has 200 valence electrons. The van der Waals surface area contributed by atoms with E-state index in [1.807, 2.05) is 0 Å². The number of allylic oxidation sites excluding steroid dienone is 2. The molecule has 0 aromatic rings. The molecule has 0 heterocycles. The van der Waals surface area contributed by atoms with E-state index in [0.717, 1.165) is 70.8 Å². The van der Waals surface area contributed by atoms with Crippen molar-refractivity contribution in [1.29, 1.82) is 0 Å². The molecule has 5 nitrogen and oxygen atoms in total. The van der Waals surface area contributed by atoms with Gasteiger partial charge in [0.25, 0.3) is 0 Å². The van der Waals surface area contributed by atoms with E-state index in [2.05, 4.69) is 33.0 Å². The SMILES string of the molecule is CC1=C(CCC(=O)NCCCCCCCCC(=O)O)C2CCC3C(C)(C)C(O)CC[C@]3(C)[C@H]2CC1. The van der Waals surface area contributed by atoms with Gasteiger partial charge in [0.1, 0.15) is 0 Å². The minimum Gasteiger partial charge on any atom is -0.481 e. The lowest BCUT2D eigenvalue weighted by atomic mass is 9.43. The van der Waals surface area contributed by atoms with Crippen LogP contribution >= 0.6 is 0 Å². The van der Waals surface area contributed by atoms with Crippen molar-refractivity contribution >= 4 is 11.9 Å². The Balaban J connectivity index is 1.43. The van der Waals surface area contributed by atoms with E-state index in [9.17, 15) is 14.7 Å². The molecule has 2 saturated carbocycles. The standard InChI is InChI=1S/C30H51NO4/c1-21-12-15-24-23(13-16-25-29(2,3)26(32)18-19-30(24,25)4)22(21)14-17-27(33)31-20-10-8-6-5-7-9-11-28(34)35/h23-26,32H,5-20H2,1-4H3,(H,31,33)(H,34,35)/t23?,24-,25?,26?,30+/m0/s1. The molecule has 0 bridgehead atoms. The van der Waals surface area contributed by atoms with Crippen molar-refractivity contribution in [3.8, 4) is 0 Å². The van der Waals surface area contributed by atoms with Crippen LogP contribution in [-0.2, 0) is 9.59 Å². The molecule has 3 N–H and O–H groups in total. The average molecular weight is 490 g/mol. The first-order valence-corrected chi connectivity index (χ1v) is 14.4. The van der Waals surface area contributed by atoms with Crippen LogP contribution in [0.25, 0.3) is 0 Å². The summed E-state index contributed by atoms with van der Waals surface area (Å²) >= 11 is 0. The normalized spacial score (nSPS) is 32.0. The second kappa shape index (κ2) is 12.3. The third kappa shape index (κ3) is 6.70. The molecular formula is C30H51NO4. The fourth-order valence-corrected chi connectivity index (χ4v) is 8.10. The van der Waals surface area contributed by atoms with E-state index in [4.69, 9.17) is 5.11 Å². The molecule has 0 radical (unpaired) electrons. The van der Waals surface area contributed by atoms with Gasteiger partial charge in [-0.1, -0.05) is 57.6 Å². The fraction of sp³-hybridized carbons (Fsp3) is 0.867. The van der Waals surface area contributed by atoms with Gasteiger partial charge < -0.3 is 15.5 Å². The van der Waals surface area contributed by atoms with Crippen LogP contribution in [0, 0.1) is 28.6 Å². The Morgan fingerprint density at radius 3 is 2.34 bits per heavy atom. The predicted octanol–water partition coefficient (Wildman–Crippen LogP) is 6.64. The monoisotopic (exact) mass is 489 g/mol. The number of hydrogen-bond acceptors (Lipinski definition) is 3. The van der Waals surface area contributed by atoms with E-state index in [1.165, 1.54) is 24.8 Å². The van der Waals surface area contributed by atoms with E-state index in [-0.39, 0.29) is 23.8 Å². The van der Waals surface area contributed by atoms with Gasteiger partial charge in [0.15, 0.2) is 0 Å². The molecule has 0 aliphatic heterocycles. The molecule has 3 rings (SSSR count). The van der Waals surface area contributed by atoms with Gasteiger partial charge in [-0.15, -0.1) is 0 Å². The number of carboxylic acid groups (broad SMARTS) is 1. The maximum Gasteiger partial charge on any atom is 0.303 e. The quantitative estimate of drug-likeness (QED) is 0.212. The Morgan fingerprint density at radius 2 is 1.63 bits per heavy atom. The van der Waals surface area contributed by atoms with E-state index in [0.29, 0.717) is 29.6 Å². The predicted molar refractivity (Wildman–Crippen MR) is 141 cm³/mol. The maximum absolute atomic E-state index is 12.6. The van der Waals surface area contributed by atoms with Crippen molar-refractivity contribution in [1.82, 2.24) is 5.32 Å². The zero-order chi connectivity index (χ0) is 25.6. The molecule has 2 fully saturated rings. The summed E-state index contributed by atoms with van der Waals surface area (Å²) in [5, 5.41) is 22.5. The minimum absolute atomic E-state index is 0.00725. The first-order chi connectivity index (χ1) is 16.6. The number of aliphatic hydroxyl groups excluding tert-OH is 1. The van der Waals surface area contributed by atoms with Crippen LogP contribution in [0.2, 0.25) is 0 Å². The number of amides is 1. The van der Waals surface area contributed by atoms with Gasteiger partial charge in [0.2, 0.25) is 5.91 Å². The zero-order valence-corrected chi connectivity index (χ0v) is 22.8. The van der Waals surface area contributed by atoms with Crippen LogP contribution in [0.1, 0.15) is 124 Å². The molecule has 0 aromatic heterocycles. The van der Waals surface area contributed by atoms with Gasteiger partial charge in [0.05, 0.1) is 6.10 Å². The van der Waals surface area contributed by atoms with Crippen molar-refractivity contribution in [3.63, 3.8) is 0 Å². The second-order valence-electron chi connectivity index (χ2n) is 12.7. The molecule has 1 amide bonds. The molecular weight excluding hydrogens is 438 g/mol. The molecule has 3 unspecified atom stereocenters. The number of aliphatic hydroxyl groups is 1. The Hall–Kier alpha value is -1.36. The number of hydrogen-bond donors (Lipinski definition) is 3. The largest absolute Gasteiger partial charge is 0.481 e. The third-order valence-electron chi connectivity index (χ3n) is 10.2.